The van der Waals surface area contributed by atoms with Gasteiger partial charge in [0, 0.05) is 30.7 Å². The van der Waals surface area contributed by atoms with Crippen molar-refractivity contribution in [3.63, 3.8) is 0 Å². The predicted molar refractivity (Wildman–Crippen MR) is 131 cm³/mol. The first-order valence-corrected chi connectivity index (χ1v) is 11.1. The minimum absolute atomic E-state index is 0.978. The fraction of sp³-hybridized carbons (Fsp3) is 0.296. The largest absolute Gasteiger partial charge is 0.385 e. The SMILES string of the molecule is C(=Nc1ccc(NCCCCCCCCNc2ccccc2)cc1)c1ccccc1. The molecular formula is C27H33N3. The third kappa shape index (κ3) is 8.52. The number of nitrogens with one attached hydrogen (secondary N) is 2. The van der Waals surface area contributed by atoms with Gasteiger partial charge in [-0.2, -0.15) is 0 Å². The van der Waals surface area contributed by atoms with E-state index in [9.17, 15) is 0 Å². The summed E-state index contributed by atoms with van der Waals surface area (Å²) in [5.41, 5.74) is 4.48. The van der Waals surface area contributed by atoms with Crippen molar-refractivity contribution in [3.8, 4) is 0 Å². The molecule has 0 amide bonds. The number of anilines is 2. The molecule has 0 radical (unpaired) electrons. The molecule has 0 saturated heterocycles. The molecule has 3 aromatic rings. The highest BCUT2D eigenvalue weighted by molar-refractivity contribution is 5.81. The van der Waals surface area contributed by atoms with Gasteiger partial charge in [-0.1, -0.05) is 74.2 Å². The number of aliphatic imine (C=N–C) groups is 1. The van der Waals surface area contributed by atoms with Gasteiger partial charge in [-0.3, -0.25) is 4.99 Å². The number of benzene rings is 3. The highest BCUT2D eigenvalue weighted by atomic mass is 14.9. The van der Waals surface area contributed by atoms with Crippen LogP contribution in [-0.2, 0) is 0 Å². The van der Waals surface area contributed by atoms with Crippen LogP contribution in [0.1, 0.15) is 44.1 Å². The Morgan fingerprint density at radius 2 is 1.03 bits per heavy atom. The Kier molecular flexibility index (Phi) is 9.53. The van der Waals surface area contributed by atoms with E-state index in [1.807, 2.05) is 24.4 Å². The van der Waals surface area contributed by atoms with Gasteiger partial charge in [0.25, 0.3) is 0 Å². The van der Waals surface area contributed by atoms with Crippen LogP contribution in [0, 0.1) is 0 Å². The van der Waals surface area contributed by atoms with Crippen LogP contribution >= 0.6 is 0 Å². The summed E-state index contributed by atoms with van der Waals surface area (Å²) in [4.78, 5) is 4.53. The van der Waals surface area contributed by atoms with E-state index in [1.54, 1.807) is 0 Å². The van der Waals surface area contributed by atoms with Crippen LogP contribution in [0.5, 0.6) is 0 Å². The van der Waals surface area contributed by atoms with Gasteiger partial charge >= 0.3 is 0 Å². The molecule has 0 aromatic heterocycles. The normalized spacial score (nSPS) is 10.9. The lowest BCUT2D eigenvalue weighted by Crippen LogP contribution is -2.02. The van der Waals surface area contributed by atoms with Crippen molar-refractivity contribution in [2.75, 3.05) is 23.7 Å². The van der Waals surface area contributed by atoms with Crippen molar-refractivity contribution in [1.82, 2.24) is 0 Å². The lowest BCUT2D eigenvalue weighted by Gasteiger charge is -2.07. The molecule has 0 unspecified atom stereocenters. The molecule has 156 valence electrons. The fourth-order valence-corrected chi connectivity index (χ4v) is 3.33. The zero-order valence-electron chi connectivity index (χ0n) is 17.8. The number of hydrogen-bond donors (Lipinski definition) is 2. The lowest BCUT2D eigenvalue weighted by molar-refractivity contribution is 0.610. The van der Waals surface area contributed by atoms with E-state index in [2.05, 4.69) is 82.4 Å². The Labute approximate surface area is 181 Å². The van der Waals surface area contributed by atoms with Gasteiger partial charge < -0.3 is 10.6 Å². The minimum atomic E-state index is 0.978. The molecule has 0 atom stereocenters. The van der Waals surface area contributed by atoms with Crippen LogP contribution in [0.25, 0.3) is 0 Å². The Morgan fingerprint density at radius 1 is 0.533 bits per heavy atom. The molecule has 3 nitrogen and oxygen atoms in total. The van der Waals surface area contributed by atoms with Crippen LogP contribution in [0.4, 0.5) is 17.1 Å². The van der Waals surface area contributed by atoms with Crippen LogP contribution in [0.15, 0.2) is 89.9 Å². The van der Waals surface area contributed by atoms with Gasteiger partial charge in [0.05, 0.1) is 5.69 Å². The van der Waals surface area contributed by atoms with Crippen LogP contribution < -0.4 is 10.6 Å². The summed E-state index contributed by atoms with van der Waals surface area (Å²) >= 11 is 0. The van der Waals surface area contributed by atoms with Gasteiger partial charge in [-0.05, 0) is 54.8 Å². The third-order valence-corrected chi connectivity index (χ3v) is 5.07. The minimum Gasteiger partial charge on any atom is -0.385 e. The van der Waals surface area contributed by atoms with Crippen molar-refractivity contribution in [2.24, 2.45) is 4.99 Å². The Balaban J connectivity index is 1.20. The van der Waals surface area contributed by atoms with Crippen molar-refractivity contribution >= 4 is 23.3 Å². The van der Waals surface area contributed by atoms with Gasteiger partial charge in [-0.25, -0.2) is 0 Å². The van der Waals surface area contributed by atoms with E-state index < -0.39 is 0 Å². The Hall–Kier alpha value is -3.07. The van der Waals surface area contributed by atoms with Crippen molar-refractivity contribution in [3.05, 3.63) is 90.5 Å². The van der Waals surface area contributed by atoms with E-state index in [-0.39, 0.29) is 0 Å². The second kappa shape index (κ2) is 13.2. The standard InChI is InChI=1S/C27H33N3/c1(3-11-21-28-25-15-9-6-10-16-25)2-4-12-22-29-26-17-19-27(20-18-26)30-23-24-13-7-5-8-14-24/h5-10,13-20,23,28-29H,1-4,11-12,21-22H2. The van der Waals surface area contributed by atoms with Crippen LogP contribution in [0.3, 0.4) is 0 Å². The van der Waals surface area contributed by atoms with Crippen molar-refractivity contribution in [1.29, 1.82) is 0 Å². The van der Waals surface area contributed by atoms with Gasteiger partial charge in [0.1, 0.15) is 0 Å². The number of para-hydroxylation sites is 1. The zero-order valence-corrected chi connectivity index (χ0v) is 17.8. The van der Waals surface area contributed by atoms with E-state index in [1.165, 1.54) is 49.9 Å². The molecule has 3 heteroatoms. The molecule has 2 N–H and O–H groups in total. The molecular weight excluding hydrogens is 366 g/mol. The number of unbranched alkanes of at least 4 members (excludes halogenated alkanes) is 5. The van der Waals surface area contributed by atoms with E-state index in [0.717, 1.165) is 24.3 Å². The Morgan fingerprint density at radius 3 is 1.63 bits per heavy atom. The molecule has 0 aliphatic heterocycles. The summed E-state index contributed by atoms with van der Waals surface area (Å²) in [5, 5.41) is 6.99. The predicted octanol–water partition coefficient (Wildman–Crippen LogP) is 7.30. The molecule has 0 fully saturated rings. The Bertz CT molecular complexity index is 842. The molecule has 3 rings (SSSR count). The fourth-order valence-electron chi connectivity index (χ4n) is 3.33. The smallest absolute Gasteiger partial charge is 0.0631 e. The summed E-state index contributed by atoms with van der Waals surface area (Å²) in [7, 11) is 0. The molecule has 3 aromatic carbocycles. The van der Waals surface area contributed by atoms with Crippen LogP contribution in [0.2, 0.25) is 0 Å². The van der Waals surface area contributed by atoms with Gasteiger partial charge in [0.2, 0.25) is 0 Å². The maximum atomic E-state index is 4.53. The summed E-state index contributed by atoms with van der Waals surface area (Å²) in [6.45, 7) is 2.10. The van der Waals surface area contributed by atoms with Crippen molar-refractivity contribution in [2.45, 2.75) is 38.5 Å². The van der Waals surface area contributed by atoms with Crippen LogP contribution in [-0.4, -0.2) is 19.3 Å². The molecule has 0 spiro atoms. The summed E-state index contributed by atoms with van der Waals surface area (Å²) < 4.78 is 0. The van der Waals surface area contributed by atoms with E-state index >= 15 is 0 Å². The van der Waals surface area contributed by atoms with Gasteiger partial charge in [-0.15, -0.1) is 0 Å². The molecule has 0 heterocycles. The first kappa shape index (κ1) is 21.6. The first-order valence-electron chi connectivity index (χ1n) is 11.1. The second-order valence-corrected chi connectivity index (χ2v) is 7.56. The molecule has 0 aliphatic carbocycles. The van der Waals surface area contributed by atoms with Gasteiger partial charge in [0.15, 0.2) is 0 Å². The highest BCUT2D eigenvalue weighted by Gasteiger charge is 1.95. The number of hydrogen-bond acceptors (Lipinski definition) is 3. The topological polar surface area (TPSA) is 36.4 Å². The maximum Gasteiger partial charge on any atom is 0.0631 e. The van der Waals surface area contributed by atoms with E-state index in [0.29, 0.717) is 0 Å². The number of nitrogens with zero attached hydrogens (tertiary/aromatic N) is 1. The molecule has 0 aliphatic rings. The zero-order chi connectivity index (χ0) is 20.7. The number of rotatable bonds is 13. The average Bonchev–Trinajstić information content (AvgIpc) is 2.81. The maximum absolute atomic E-state index is 4.53. The third-order valence-electron chi connectivity index (χ3n) is 5.07. The first-order chi connectivity index (χ1) is 14.9. The summed E-state index contributed by atoms with van der Waals surface area (Å²) in [6, 6.07) is 29.0. The average molecular weight is 400 g/mol. The molecule has 0 saturated carbocycles. The second-order valence-electron chi connectivity index (χ2n) is 7.56. The summed E-state index contributed by atoms with van der Waals surface area (Å²) in [6.07, 6.45) is 9.60. The molecule has 0 bridgehead atoms. The monoisotopic (exact) mass is 399 g/mol. The quantitative estimate of drug-likeness (QED) is 0.234. The molecule has 30 heavy (non-hydrogen) atoms. The lowest BCUT2D eigenvalue weighted by atomic mass is 10.1. The van der Waals surface area contributed by atoms with E-state index in [4.69, 9.17) is 0 Å². The summed E-state index contributed by atoms with van der Waals surface area (Å²) in [5.74, 6) is 0. The highest BCUT2D eigenvalue weighted by Crippen LogP contribution is 2.17. The van der Waals surface area contributed by atoms with Crippen molar-refractivity contribution < 1.29 is 0 Å².